The number of nitro groups is 1. The smallest absolute Gasteiger partial charge is 0.293 e. The Morgan fingerprint density at radius 1 is 1.29 bits per heavy atom. The van der Waals surface area contributed by atoms with Gasteiger partial charge >= 0.3 is 0 Å². The lowest BCUT2D eigenvalue weighted by molar-refractivity contribution is -0.384. The van der Waals surface area contributed by atoms with Gasteiger partial charge in [-0.3, -0.25) is 10.1 Å². The highest BCUT2D eigenvalue weighted by Crippen LogP contribution is 2.45. The van der Waals surface area contributed by atoms with Gasteiger partial charge in [0.2, 0.25) is 0 Å². The maximum atomic E-state index is 10.9. The van der Waals surface area contributed by atoms with E-state index < -0.39 is 0 Å². The molecule has 6 nitrogen and oxygen atoms in total. The largest absolute Gasteiger partial charge is 0.462 e. The zero-order valence-electron chi connectivity index (χ0n) is 14.0. The molecule has 0 aromatic heterocycles. The molecule has 1 aromatic rings. The first kappa shape index (κ1) is 15.4. The molecular formula is C18H23N3O3. The van der Waals surface area contributed by atoms with Crippen LogP contribution in [0.25, 0.3) is 0 Å². The predicted molar refractivity (Wildman–Crippen MR) is 91.6 cm³/mol. The number of aliphatic imine (C=N–C) groups is 1. The third-order valence-corrected chi connectivity index (χ3v) is 5.77. The van der Waals surface area contributed by atoms with E-state index in [-0.39, 0.29) is 16.1 Å². The van der Waals surface area contributed by atoms with Gasteiger partial charge in [0.1, 0.15) is 6.61 Å². The number of rotatable bonds is 3. The molecule has 0 atom stereocenters. The van der Waals surface area contributed by atoms with Gasteiger partial charge in [-0.05, 0) is 50.7 Å². The first-order valence-corrected chi connectivity index (χ1v) is 8.85. The Bertz CT molecular complexity index is 691. The van der Waals surface area contributed by atoms with Crippen molar-refractivity contribution < 1.29 is 9.66 Å². The average Bonchev–Trinajstić information content (AvgIpc) is 3.10. The molecular weight excluding hydrogens is 306 g/mol. The molecule has 1 heterocycles. The van der Waals surface area contributed by atoms with E-state index in [1.165, 1.54) is 51.0 Å². The van der Waals surface area contributed by atoms with Gasteiger partial charge in [0, 0.05) is 18.2 Å². The van der Waals surface area contributed by atoms with Gasteiger partial charge in [0.25, 0.3) is 11.7 Å². The summed E-state index contributed by atoms with van der Waals surface area (Å²) in [6.07, 6.45) is 8.59. The molecule has 2 saturated carbocycles. The third kappa shape index (κ3) is 2.44. The van der Waals surface area contributed by atoms with Gasteiger partial charge in [0.05, 0.1) is 16.1 Å². The molecule has 1 aromatic carbocycles. The number of hydrogen-bond donors (Lipinski definition) is 0. The standard InChI is InChI=1S/C18H23N3O3/c1-13-11-15(21(22)23)7-8-16(13)19-17-20(14-5-4-6-14)18(12-24-17)9-2-3-10-18/h7-8,11,14H,2-6,9-10,12H2,1H3. The van der Waals surface area contributed by atoms with Gasteiger partial charge in [-0.25, -0.2) is 0 Å². The Balaban J connectivity index is 1.67. The molecule has 0 unspecified atom stereocenters. The van der Waals surface area contributed by atoms with Crippen LogP contribution in [-0.2, 0) is 4.74 Å². The number of hydrogen-bond acceptors (Lipinski definition) is 4. The molecule has 1 aliphatic heterocycles. The molecule has 2 aliphatic carbocycles. The van der Waals surface area contributed by atoms with Crippen LogP contribution >= 0.6 is 0 Å². The summed E-state index contributed by atoms with van der Waals surface area (Å²) in [4.78, 5) is 17.7. The van der Waals surface area contributed by atoms with Crippen molar-refractivity contribution in [2.45, 2.75) is 63.5 Å². The molecule has 4 rings (SSSR count). The van der Waals surface area contributed by atoms with Gasteiger partial charge in [0.15, 0.2) is 0 Å². The molecule has 1 spiro atoms. The Kier molecular flexibility index (Phi) is 3.70. The van der Waals surface area contributed by atoms with Crippen LogP contribution in [0.5, 0.6) is 0 Å². The second-order valence-corrected chi connectivity index (χ2v) is 7.30. The number of aryl methyl sites for hydroxylation is 1. The molecule has 0 amide bonds. The zero-order valence-corrected chi connectivity index (χ0v) is 14.0. The van der Waals surface area contributed by atoms with E-state index in [2.05, 4.69) is 4.90 Å². The van der Waals surface area contributed by atoms with E-state index >= 15 is 0 Å². The summed E-state index contributed by atoms with van der Waals surface area (Å²) >= 11 is 0. The third-order valence-electron chi connectivity index (χ3n) is 5.77. The number of nitro benzene ring substituents is 1. The summed E-state index contributed by atoms with van der Waals surface area (Å²) in [7, 11) is 0. The van der Waals surface area contributed by atoms with Gasteiger partial charge in [-0.1, -0.05) is 12.8 Å². The van der Waals surface area contributed by atoms with Crippen LogP contribution in [0.2, 0.25) is 0 Å². The summed E-state index contributed by atoms with van der Waals surface area (Å²) in [6.45, 7) is 2.59. The van der Waals surface area contributed by atoms with Crippen LogP contribution in [0, 0.1) is 17.0 Å². The monoisotopic (exact) mass is 329 g/mol. The molecule has 3 aliphatic rings. The highest BCUT2D eigenvalue weighted by molar-refractivity contribution is 5.81. The van der Waals surface area contributed by atoms with E-state index in [1.54, 1.807) is 12.1 Å². The number of non-ortho nitro benzene ring substituents is 1. The topological polar surface area (TPSA) is 68.0 Å². The Labute approximate surface area is 141 Å². The predicted octanol–water partition coefficient (Wildman–Crippen LogP) is 4.09. The summed E-state index contributed by atoms with van der Waals surface area (Å²) in [5, 5.41) is 10.9. The van der Waals surface area contributed by atoms with Gasteiger partial charge < -0.3 is 9.64 Å². The Morgan fingerprint density at radius 2 is 2.04 bits per heavy atom. The molecule has 6 heteroatoms. The van der Waals surface area contributed by atoms with E-state index in [0.717, 1.165) is 23.9 Å². The maximum Gasteiger partial charge on any atom is 0.293 e. The van der Waals surface area contributed by atoms with Crippen molar-refractivity contribution in [1.82, 2.24) is 4.90 Å². The van der Waals surface area contributed by atoms with Crippen LogP contribution in [0.3, 0.4) is 0 Å². The molecule has 128 valence electrons. The zero-order chi connectivity index (χ0) is 16.7. The van der Waals surface area contributed by atoms with Crippen molar-refractivity contribution in [3.8, 4) is 0 Å². The number of amidine groups is 1. The molecule has 24 heavy (non-hydrogen) atoms. The number of nitrogens with zero attached hydrogens (tertiary/aromatic N) is 3. The van der Waals surface area contributed by atoms with Crippen LogP contribution in [0.4, 0.5) is 11.4 Å². The minimum Gasteiger partial charge on any atom is -0.462 e. The van der Waals surface area contributed by atoms with Crippen LogP contribution in [-0.4, -0.2) is 34.0 Å². The van der Waals surface area contributed by atoms with Gasteiger partial charge in [-0.15, -0.1) is 0 Å². The second kappa shape index (κ2) is 5.76. The first-order chi connectivity index (χ1) is 11.6. The van der Waals surface area contributed by atoms with Crippen LogP contribution < -0.4 is 0 Å². The van der Waals surface area contributed by atoms with E-state index in [0.29, 0.717) is 6.04 Å². The fourth-order valence-electron chi connectivity index (χ4n) is 4.22. The highest BCUT2D eigenvalue weighted by atomic mass is 16.6. The summed E-state index contributed by atoms with van der Waals surface area (Å²) < 4.78 is 6.04. The number of ether oxygens (including phenoxy) is 1. The Hall–Kier alpha value is -2.11. The van der Waals surface area contributed by atoms with Crippen molar-refractivity contribution in [2.24, 2.45) is 4.99 Å². The lowest BCUT2D eigenvalue weighted by Crippen LogP contribution is -2.53. The molecule has 1 saturated heterocycles. The highest BCUT2D eigenvalue weighted by Gasteiger charge is 2.51. The second-order valence-electron chi connectivity index (χ2n) is 7.30. The minimum absolute atomic E-state index is 0.104. The van der Waals surface area contributed by atoms with Crippen molar-refractivity contribution in [3.05, 3.63) is 33.9 Å². The van der Waals surface area contributed by atoms with Crippen molar-refractivity contribution >= 4 is 17.4 Å². The number of benzene rings is 1. The van der Waals surface area contributed by atoms with Crippen molar-refractivity contribution in [2.75, 3.05) is 6.61 Å². The molecule has 0 radical (unpaired) electrons. The Morgan fingerprint density at radius 3 is 2.62 bits per heavy atom. The van der Waals surface area contributed by atoms with Gasteiger partial charge in [-0.2, -0.15) is 4.99 Å². The summed E-state index contributed by atoms with van der Waals surface area (Å²) in [5.41, 5.74) is 1.81. The van der Waals surface area contributed by atoms with Crippen molar-refractivity contribution in [3.63, 3.8) is 0 Å². The minimum atomic E-state index is -0.371. The lowest BCUT2D eigenvalue weighted by atomic mass is 9.86. The quantitative estimate of drug-likeness (QED) is 0.619. The van der Waals surface area contributed by atoms with E-state index in [4.69, 9.17) is 9.73 Å². The summed E-state index contributed by atoms with van der Waals surface area (Å²) in [6, 6.07) is 6.08. The maximum absolute atomic E-state index is 10.9. The molecule has 0 N–H and O–H groups in total. The van der Waals surface area contributed by atoms with Crippen molar-refractivity contribution in [1.29, 1.82) is 0 Å². The molecule has 3 fully saturated rings. The fourth-order valence-corrected chi connectivity index (χ4v) is 4.22. The SMILES string of the molecule is Cc1cc([N+](=O)[O-])ccc1N=C1OCC2(CCCC2)N1C1CCC1. The lowest BCUT2D eigenvalue weighted by Gasteiger charge is -2.43. The first-order valence-electron chi connectivity index (χ1n) is 8.85. The molecule has 0 bridgehead atoms. The summed E-state index contributed by atoms with van der Waals surface area (Å²) in [5.74, 6) is 0. The average molecular weight is 329 g/mol. The van der Waals surface area contributed by atoms with Crippen LogP contribution in [0.1, 0.15) is 50.5 Å². The normalized spacial score (nSPS) is 24.4. The fraction of sp³-hybridized carbons (Fsp3) is 0.611. The van der Waals surface area contributed by atoms with E-state index in [1.807, 2.05) is 6.92 Å². The van der Waals surface area contributed by atoms with Crippen LogP contribution in [0.15, 0.2) is 23.2 Å². The van der Waals surface area contributed by atoms with E-state index in [9.17, 15) is 10.1 Å².